The Bertz CT molecular complexity index is 418. The molecule has 0 amide bonds. The van der Waals surface area contributed by atoms with E-state index in [-0.39, 0.29) is 12.2 Å². The van der Waals surface area contributed by atoms with Crippen molar-refractivity contribution in [2.24, 2.45) is 0 Å². The van der Waals surface area contributed by atoms with E-state index >= 15 is 0 Å². The van der Waals surface area contributed by atoms with Crippen LogP contribution in [0.4, 0.5) is 8.78 Å². The molecule has 1 fully saturated rings. The van der Waals surface area contributed by atoms with Crippen LogP contribution in [0.5, 0.6) is 0 Å². The minimum Gasteiger partial charge on any atom is -0.395 e. The summed E-state index contributed by atoms with van der Waals surface area (Å²) in [7, 11) is 0. The monoisotopic (exact) mass is 285 g/mol. The van der Waals surface area contributed by atoms with E-state index in [4.69, 9.17) is 5.11 Å². The third kappa shape index (κ3) is 3.98. The van der Waals surface area contributed by atoms with E-state index in [0.29, 0.717) is 25.6 Å². The van der Waals surface area contributed by atoms with Crippen LogP contribution in [0.2, 0.25) is 0 Å². The second-order valence-corrected chi connectivity index (χ2v) is 5.35. The first-order valence-corrected chi connectivity index (χ1v) is 7.09. The van der Waals surface area contributed by atoms with Crippen LogP contribution in [0.1, 0.15) is 37.4 Å². The van der Waals surface area contributed by atoms with Crippen molar-refractivity contribution in [1.29, 1.82) is 0 Å². The molecule has 5 heteroatoms. The zero-order valence-electron chi connectivity index (χ0n) is 11.4. The van der Waals surface area contributed by atoms with E-state index in [1.807, 2.05) is 0 Å². The van der Waals surface area contributed by atoms with E-state index in [2.05, 4.69) is 4.90 Å². The van der Waals surface area contributed by atoms with E-state index in [0.717, 1.165) is 31.0 Å². The maximum Gasteiger partial charge on any atom is 0.126 e. The molecule has 0 spiro atoms. The molecule has 0 heterocycles. The molecule has 1 aromatic carbocycles. The molecule has 2 N–H and O–H groups in total. The van der Waals surface area contributed by atoms with Crippen LogP contribution in [-0.4, -0.2) is 40.9 Å². The first-order valence-electron chi connectivity index (χ1n) is 7.09. The first kappa shape index (κ1) is 15.4. The largest absolute Gasteiger partial charge is 0.395 e. The number of aliphatic hydroxyl groups excluding tert-OH is 2. The SMILES string of the molecule is OCCN(CCC(O)c1cc(F)cc(F)c1)C1CCC1. The van der Waals surface area contributed by atoms with Gasteiger partial charge in [-0.1, -0.05) is 6.42 Å². The molecule has 112 valence electrons. The van der Waals surface area contributed by atoms with Gasteiger partial charge in [0.15, 0.2) is 0 Å². The van der Waals surface area contributed by atoms with Crippen molar-refractivity contribution >= 4 is 0 Å². The van der Waals surface area contributed by atoms with E-state index in [9.17, 15) is 13.9 Å². The normalized spacial score (nSPS) is 17.2. The highest BCUT2D eigenvalue weighted by Gasteiger charge is 2.25. The van der Waals surface area contributed by atoms with Crippen LogP contribution in [0.15, 0.2) is 18.2 Å². The van der Waals surface area contributed by atoms with Gasteiger partial charge in [0.05, 0.1) is 12.7 Å². The fraction of sp³-hybridized carbons (Fsp3) is 0.600. The minimum atomic E-state index is -0.888. The molecule has 2 rings (SSSR count). The lowest BCUT2D eigenvalue weighted by molar-refractivity contribution is 0.0763. The molecule has 20 heavy (non-hydrogen) atoms. The second kappa shape index (κ2) is 7.11. The van der Waals surface area contributed by atoms with Crippen LogP contribution in [0.25, 0.3) is 0 Å². The van der Waals surface area contributed by atoms with E-state index in [1.165, 1.54) is 6.42 Å². The minimum absolute atomic E-state index is 0.0845. The topological polar surface area (TPSA) is 43.7 Å². The molecule has 1 saturated carbocycles. The predicted octanol–water partition coefficient (Wildman–Crippen LogP) is 2.24. The summed E-state index contributed by atoms with van der Waals surface area (Å²) in [6.07, 6.45) is 2.94. The summed E-state index contributed by atoms with van der Waals surface area (Å²) < 4.78 is 26.2. The summed E-state index contributed by atoms with van der Waals surface area (Å²) in [5, 5.41) is 19.1. The van der Waals surface area contributed by atoms with Gasteiger partial charge in [0.1, 0.15) is 11.6 Å². The zero-order chi connectivity index (χ0) is 14.5. The van der Waals surface area contributed by atoms with Gasteiger partial charge < -0.3 is 10.2 Å². The lowest BCUT2D eigenvalue weighted by Crippen LogP contribution is -2.42. The highest BCUT2D eigenvalue weighted by molar-refractivity contribution is 5.20. The molecule has 0 radical (unpaired) electrons. The standard InChI is InChI=1S/C15H21F2NO2/c16-12-8-11(9-13(17)10-12)15(20)4-5-18(6-7-19)14-2-1-3-14/h8-10,14-15,19-20H,1-7H2. The quantitative estimate of drug-likeness (QED) is 0.807. The molecule has 1 aliphatic rings. The highest BCUT2D eigenvalue weighted by Crippen LogP contribution is 2.26. The summed E-state index contributed by atoms with van der Waals surface area (Å²) in [5.41, 5.74) is 0.264. The second-order valence-electron chi connectivity index (χ2n) is 5.35. The Morgan fingerprint density at radius 1 is 1.15 bits per heavy atom. The molecule has 1 aromatic rings. The van der Waals surface area contributed by atoms with Gasteiger partial charge in [-0.05, 0) is 37.0 Å². The van der Waals surface area contributed by atoms with Crippen LogP contribution in [0.3, 0.4) is 0 Å². The number of hydrogen-bond donors (Lipinski definition) is 2. The summed E-state index contributed by atoms with van der Waals surface area (Å²) in [5.74, 6) is -1.35. The van der Waals surface area contributed by atoms with Crippen LogP contribution in [-0.2, 0) is 0 Å². The van der Waals surface area contributed by atoms with Crippen molar-refractivity contribution in [3.63, 3.8) is 0 Å². The Morgan fingerprint density at radius 2 is 1.80 bits per heavy atom. The van der Waals surface area contributed by atoms with Crippen molar-refractivity contribution in [3.05, 3.63) is 35.4 Å². The third-order valence-corrected chi connectivity index (χ3v) is 3.94. The van der Waals surface area contributed by atoms with Gasteiger partial charge in [-0.2, -0.15) is 0 Å². The van der Waals surface area contributed by atoms with E-state index < -0.39 is 17.7 Å². The van der Waals surface area contributed by atoms with Gasteiger partial charge in [-0.25, -0.2) is 8.78 Å². The average molecular weight is 285 g/mol. The number of benzene rings is 1. The van der Waals surface area contributed by atoms with Gasteiger partial charge in [-0.15, -0.1) is 0 Å². The Kier molecular flexibility index (Phi) is 5.46. The third-order valence-electron chi connectivity index (χ3n) is 3.94. The molecular formula is C15H21F2NO2. The van der Waals surface area contributed by atoms with Gasteiger partial charge in [0, 0.05) is 25.2 Å². The Balaban J connectivity index is 1.90. The summed E-state index contributed by atoms with van der Waals surface area (Å²) >= 11 is 0. The molecule has 0 aromatic heterocycles. The smallest absolute Gasteiger partial charge is 0.126 e. The Labute approximate surface area is 117 Å². The highest BCUT2D eigenvalue weighted by atomic mass is 19.1. The maximum atomic E-state index is 13.1. The molecule has 0 bridgehead atoms. The summed E-state index contributed by atoms with van der Waals surface area (Å²) in [6.45, 7) is 1.28. The fourth-order valence-corrected chi connectivity index (χ4v) is 2.58. The van der Waals surface area contributed by atoms with Crippen LogP contribution < -0.4 is 0 Å². The van der Waals surface area contributed by atoms with Crippen molar-refractivity contribution in [3.8, 4) is 0 Å². The van der Waals surface area contributed by atoms with Crippen molar-refractivity contribution < 1.29 is 19.0 Å². The lowest BCUT2D eigenvalue weighted by Gasteiger charge is -2.37. The van der Waals surface area contributed by atoms with Gasteiger partial charge in [0.25, 0.3) is 0 Å². The number of halogens is 2. The predicted molar refractivity (Wildman–Crippen MR) is 72.2 cm³/mol. The molecule has 1 atom stereocenters. The van der Waals surface area contributed by atoms with Crippen molar-refractivity contribution in [2.45, 2.75) is 37.8 Å². The fourth-order valence-electron chi connectivity index (χ4n) is 2.58. The summed E-state index contributed by atoms with van der Waals surface area (Å²) in [6, 6.07) is 3.59. The van der Waals surface area contributed by atoms with Gasteiger partial charge >= 0.3 is 0 Å². The summed E-state index contributed by atoms with van der Waals surface area (Å²) in [4.78, 5) is 2.14. The Hall–Kier alpha value is -1.04. The molecule has 3 nitrogen and oxygen atoms in total. The zero-order valence-corrected chi connectivity index (χ0v) is 11.4. The number of rotatable bonds is 7. The molecule has 0 aliphatic heterocycles. The van der Waals surface area contributed by atoms with E-state index in [1.54, 1.807) is 0 Å². The van der Waals surface area contributed by atoms with Crippen molar-refractivity contribution in [2.75, 3.05) is 19.7 Å². The lowest BCUT2D eigenvalue weighted by atomic mass is 9.91. The van der Waals surface area contributed by atoms with Gasteiger partial charge in [-0.3, -0.25) is 4.90 Å². The first-order chi connectivity index (χ1) is 9.60. The van der Waals surface area contributed by atoms with Crippen molar-refractivity contribution in [1.82, 2.24) is 4.90 Å². The molecule has 0 saturated heterocycles. The van der Waals surface area contributed by atoms with Crippen LogP contribution >= 0.6 is 0 Å². The number of nitrogens with zero attached hydrogens (tertiary/aromatic N) is 1. The van der Waals surface area contributed by atoms with Crippen LogP contribution in [0, 0.1) is 11.6 Å². The Morgan fingerprint density at radius 3 is 2.30 bits per heavy atom. The maximum absolute atomic E-state index is 13.1. The number of hydrogen-bond acceptors (Lipinski definition) is 3. The van der Waals surface area contributed by atoms with Gasteiger partial charge in [0.2, 0.25) is 0 Å². The average Bonchev–Trinajstić information content (AvgIpc) is 2.32. The number of aliphatic hydroxyl groups is 2. The molecule has 1 aliphatic carbocycles. The molecule has 1 unspecified atom stereocenters. The molecular weight excluding hydrogens is 264 g/mol.